The fourth-order valence-electron chi connectivity index (χ4n) is 3.67. The molecule has 2 aliphatic rings. The van der Waals surface area contributed by atoms with Gasteiger partial charge in [-0.15, -0.1) is 0 Å². The smallest absolute Gasteiger partial charge is 0.240 e. The minimum Gasteiger partial charge on any atom is -0.346 e. The Morgan fingerprint density at radius 1 is 1.14 bits per heavy atom. The monoisotopic (exact) mass is 427 g/mol. The fraction of sp³-hybridized carbons (Fsp3) is 0.227. The summed E-state index contributed by atoms with van der Waals surface area (Å²) in [7, 11) is -3.53. The maximum absolute atomic E-state index is 12.4. The molecule has 150 valence electrons. The van der Waals surface area contributed by atoms with Crippen molar-refractivity contribution in [3.63, 3.8) is 0 Å². The van der Waals surface area contributed by atoms with Gasteiger partial charge in [0, 0.05) is 17.8 Å². The van der Waals surface area contributed by atoms with Crippen LogP contribution in [0.1, 0.15) is 30.7 Å². The average Bonchev–Trinajstić information content (AvgIpc) is 2.88. The van der Waals surface area contributed by atoms with E-state index in [0.717, 1.165) is 30.8 Å². The Hall–Kier alpha value is -2.41. The molecule has 0 amide bonds. The highest BCUT2D eigenvalue weighted by Gasteiger charge is 2.23. The number of dihydropyridines is 1. The first kappa shape index (κ1) is 19.9. The Balaban J connectivity index is 1.42. The number of hydrogen-bond acceptors (Lipinski definition) is 4. The minimum absolute atomic E-state index is 0.227. The highest BCUT2D eigenvalue weighted by molar-refractivity contribution is 7.89. The maximum atomic E-state index is 12.4. The van der Waals surface area contributed by atoms with E-state index in [0.29, 0.717) is 11.6 Å². The number of nitrogens with one attached hydrogen (secondary N) is 2. The number of amidine groups is 1. The van der Waals surface area contributed by atoms with Crippen molar-refractivity contribution >= 4 is 33.1 Å². The van der Waals surface area contributed by atoms with Crippen LogP contribution >= 0.6 is 11.6 Å². The van der Waals surface area contributed by atoms with Gasteiger partial charge in [0.15, 0.2) is 0 Å². The molecule has 0 saturated carbocycles. The van der Waals surface area contributed by atoms with E-state index in [1.54, 1.807) is 12.1 Å². The summed E-state index contributed by atoms with van der Waals surface area (Å²) in [6, 6.07) is 14.4. The second kappa shape index (κ2) is 8.53. The molecule has 7 heteroatoms. The van der Waals surface area contributed by atoms with Gasteiger partial charge in [-0.05, 0) is 72.7 Å². The summed E-state index contributed by atoms with van der Waals surface area (Å²) >= 11 is 5.84. The standard InChI is InChI=1S/C22H22ClN3O2S/c23-18-9-11-19(12-10-18)29(27,28)25-14-4-5-16-15-17-6-3-13-24-22(17)26-21-8-2-1-7-20(16)21/h1-3,6-13,16,25H,4-5,14-15H2,(H,24,26). The van der Waals surface area contributed by atoms with Gasteiger partial charge in [-0.1, -0.05) is 35.9 Å². The van der Waals surface area contributed by atoms with Crippen LogP contribution in [0.25, 0.3) is 0 Å². The number of allylic oxidation sites excluding steroid dienone is 2. The molecule has 2 aliphatic heterocycles. The molecule has 29 heavy (non-hydrogen) atoms. The highest BCUT2D eigenvalue weighted by atomic mass is 35.5. The molecule has 0 aromatic heterocycles. The fourth-order valence-corrected chi connectivity index (χ4v) is 4.87. The number of rotatable bonds is 6. The van der Waals surface area contributed by atoms with Crippen LogP contribution in [0.4, 0.5) is 5.69 Å². The lowest BCUT2D eigenvalue weighted by atomic mass is 9.87. The van der Waals surface area contributed by atoms with E-state index < -0.39 is 10.0 Å². The molecule has 1 atom stereocenters. The molecule has 0 radical (unpaired) electrons. The van der Waals surface area contributed by atoms with Gasteiger partial charge in [-0.2, -0.15) is 0 Å². The second-order valence-corrected chi connectivity index (χ2v) is 9.31. The molecule has 0 fully saturated rings. The van der Waals surface area contributed by atoms with Gasteiger partial charge >= 0.3 is 0 Å². The van der Waals surface area contributed by atoms with E-state index in [4.69, 9.17) is 16.6 Å². The van der Waals surface area contributed by atoms with Crippen molar-refractivity contribution in [2.24, 2.45) is 4.99 Å². The van der Waals surface area contributed by atoms with E-state index in [1.165, 1.54) is 23.3 Å². The topological polar surface area (TPSA) is 70.6 Å². The zero-order valence-electron chi connectivity index (χ0n) is 15.8. The van der Waals surface area contributed by atoms with Crippen molar-refractivity contribution in [3.8, 4) is 0 Å². The van der Waals surface area contributed by atoms with Crippen molar-refractivity contribution in [3.05, 3.63) is 83.0 Å². The van der Waals surface area contributed by atoms with Crippen LogP contribution in [0, 0.1) is 0 Å². The Labute approximate surface area is 176 Å². The van der Waals surface area contributed by atoms with Crippen LogP contribution in [0.15, 0.2) is 82.3 Å². The molecule has 1 unspecified atom stereocenters. The van der Waals surface area contributed by atoms with Gasteiger partial charge in [0.1, 0.15) is 5.84 Å². The van der Waals surface area contributed by atoms with Gasteiger partial charge in [-0.3, -0.25) is 0 Å². The average molecular weight is 428 g/mol. The van der Waals surface area contributed by atoms with Gasteiger partial charge in [0.2, 0.25) is 10.0 Å². The number of hydrogen-bond donors (Lipinski definition) is 2. The summed E-state index contributed by atoms with van der Waals surface area (Å²) in [5.41, 5.74) is 3.36. The third-order valence-electron chi connectivity index (χ3n) is 5.14. The number of nitrogens with zero attached hydrogens (tertiary/aromatic N) is 1. The van der Waals surface area contributed by atoms with E-state index in [1.807, 2.05) is 30.5 Å². The molecule has 0 aliphatic carbocycles. The summed E-state index contributed by atoms with van der Waals surface area (Å²) < 4.78 is 27.6. The predicted molar refractivity (Wildman–Crippen MR) is 117 cm³/mol. The first-order valence-corrected chi connectivity index (χ1v) is 11.4. The van der Waals surface area contributed by atoms with Gasteiger partial charge in [-0.25, -0.2) is 18.1 Å². The number of halogens is 1. The molecule has 2 aromatic rings. The van der Waals surface area contributed by atoms with Crippen LogP contribution < -0.4 is 10.0 Å². The normalized spacial score (nSPS) is 18.0. The quantitative estimate of drug-likeness (QED) is 0.658. The third-order valence-corrected chi connectivity index (χ3v) is 6.87. The van der Waals surface area contributed by atoms with E-state index in [-0.39, 0.29) is 10.8 Å². The third kappa shape index (κ3) is 4.61. The Kier molecular flexibility index (Phi) is 5.85. The summed E-state index contributed by atoms with van der Waals surface area (Å²) in [5, 5.41) is 3.74. The van der Waals surface area contributed by atoms with E-state index in [9.17, 15) is 8.42 Å². The molecule has 2 N–H and O–H groups in total. The van der Waals surface area contributed by atoms with Crippen molar-refractivity contribution in [2.75, 3.05) is 6.54 Å². The number of sulfonamides is 1. The Morgan fingerprint density at radius 3 is 2.76 bits per heavy atom. The maximum Gasteiger partial charge on any atom is 0.240 e. The predicted octanol–water partition coefficient (Wildman–Crippen LogP) is 4.66. The van der Waals surface area contributed by atoms with Gasteiger partial charge in [0.25, 0.3) is 0 Å². The Morgan fingerprint density at radius 2 is 1.93 bits per heavy atom. The number of aliphatic imine (C=N–C) groups is 1. The lowest BCUT2D eigenvalue weighted by Gasteiger charge is -2.19. The summed E-state index contributed by atoms with van der Waals surface area (Å²) in [6.07, 6.45) is 8.44. The molecule has 0 spiro atoms. The van der Waals surface area contributed by atoms with E-state index in [2.05, 4.69) is 22.2 Å². The molecule has 2 heterocycles. The zero-order valence-corrected chi connectivity index (χ0v) is 17.4. The van der Waals surface area contributed by atoms with Gasteiger partial charge in [0.05, 0.1) is 10.6 Å². The molecule has 0 bridgehead atoms. The minimum atomic E-state index is -3.53. The second-order valence-electron chi connectivity index (χ2n) is 7.11. The molecule has 4 rings (SSSR count). The molecular weight excluding hydrogens is 406 g/mol. The van der Waals surface area contributed by atoms with Crippen LogP contribution in [-0.4, -0.2) is 20.8 Å². The van der Waals surface area contributed by atoms with Crippen molar-refractivity contribution < 1.29 is 8.42 Å². The first-order valence-electron chi connectivity index (χ1n) is 9.58. The van der Waals surface area contributed by atoms with Crippen LogP contribution in [0.3, 0.4) is 0 Å². The lowest BCUT2D eigenvalue weighted by Crippen LogP contribution is -2.25. The number of benzene rings is 2. The first-order chi connectivity index (χ1) is 14.0. The van der Waals surface area contributed by atoms with Crippen molar-refractivity contribution in [1.29, 1.82) is 0 Å². The SMILES string of the molecule is O=S(=O)(NCCCC1CC2=CC=CNC2=Nc2ccccc21)c1ccc(Cl)cc1. The molecule has 5 nitrogen and oxygen atoms in total. The van der Waals surface area contributed by atoms with Crippen molar-refractivity contribution in [1.82, 2.24) is 10.0 Å². The van der Waals surface area contributed by atoms with Crippen molar-refractivity contribution in [2.45, 2.75) is 30.1 Å². The van der Waals surface area contributed by atoms with Crippen LogP contribution in [0.2, 0.25) is 5.02 Å². The number of para-hydroxylation sites is 1. The Bertz CT molecular complexity index is 1090. The number of fused-ring (bicyclic) bond motifs is 2. The van der Waals surface area contributed by atoms with Gasteiger partial charge < -0.3 is 5.32 Å². The molecule has 0 saturated heterocycles. The largest absolute Gasteiger partial charge is 0.346 e. The van der Waals surface area contributed by atoms with E-state index >= 15 is 0 Å². The summed E-state index contributed by atoms with van der Waals surface area (Å²) in [5.74, 6) is 1.18. The molecule has 2 aromatic carbocycles. The van der Waals surface area contributed by atoms with Crippen LogP contribution in [0.5, 0.6) is 0 Å². The van der Waals surface area contributed by atoms with Crippen LogP contribution in [-0.2, 0) is 10.0 Å². The zero-order chi connectivity index (χ0) is 20.3. The summed E-state index contributed by atoms with van der Waals surface area (Å²) in [4.78, 5) is 5.02. The molecular formula is C22H22ClN3O2S. The summed E-state index contributed by atoms with van der Waals surface area (Å²) in [6.45, 7) is 0.383. The highest BCUT2D eigenvalue weighted by Crippen LogP contribution is 2.38. The lowest BCUT2D eigenvalue weighted by molar-refractivity contribution is 0.560.